The molecule has 2 amide bonds. The van der Waals surface area contributed by atoms with Crippen LogP contribution in [0.4, 0.5) is 5.82 Å². The quantitative estimate of drug-likeness (QED) is 0.647. The molecule has 0 fully saturated rings. The molecule has 0 atom stereocenters. The van der Waals surface area contributed by atoms with Crippen molar-refractivity contribution in [3.8, 4) is 5.75 Å². The Morgan fingerprint density at radius 1 is 1.19 bits per heavy atom. The van der Waals surface area contributed by atoms with Crippen LogP contribution in [0.15, 0.2) is 34.9 Å². The van der Waals surface area contributed by atoms with Crippen LogP contribution in [0.25, 0.3) is 0 Å². The zero-order chi connectivity index (χ0) is 19.6. The molecule has 1 aromatic heterocycles. The molecule has 2 N–H and O–H groups in total. The largest absolute Gasteiger partial charge is 0.491 e. The summed E-state index contributed by atoms with van der Waals surface area (Å²) in [5.74, 6) is 1.94. The second kappa shape index (κ2) is 10.6. The second-order valence-corrected chi connectivity index (χ2v) is 7.26. The number of anilines is 1. The molecule has 2 rings (SSSR count). The van der Waals surface area contributed by atoms with Gasteiger partial charge < -0.3 is 19.9 Å². The van der Waals surface area contributed by atoms with E-state index in [0.29, 0.717) is 18.1 Å². The zero-order valence-electron chi connectivity index (χ0n) is 15.8. The summed E-state index contributed by atoms with van der Waals surface area (Å²) in [4.78, 5) is 23.6. The maximum Gasteiger partial charge on any atom is 0.235 e. The van der Waals surface area contributed by atoms with Gasteiger partial charge >= 0.3 is 0 Å². The molecule has 1 aromatic carbocycles. The van der Waals surface area contributed by atoms with Crippen LogP contribution in [0.5, 0.6) is 5.75 Å². The lowest BCUT2D eigenvalue weighted by atomic mass is 10.1. The van der Waals surface area contributed by atoms with Gasteiger partial charge in [0.25, 0.3) is 0 Å². The van der Waals surface area contributed by atoms with Crippen molar-refractivity contribution in [2.75, 3.05) is 23.4 Å². The molecule has 8 heteroatoms. The lowest BCUT2D eigenvalue weighted by molar-refractivity contribution is -0.118. The van der Waals surface area contributed by atoms with E-state index < -0.39 is 0 Å². The fourth-order valence-corrected chi connectivity index (χ4v) is 2.89. The first-order valence-corrected chi connectivity index (χ1v) is 9.91. The van der Waals surface area contributed by atoms with Crippen LogP contribution in [0, 0.1) is 6.92 Å². The number of aromatic nitrogens is 1. The summed E-state index contributed by atoms with van der Waals surface area (Å²) >= 11 is 1.25. The van der Waals surface area contributed by atoms with Crippen molar-refractivity contribution in [2.24, 2.45) is 0 Å². The monoisotopic (exact) mass is 391 g/mol. The minimum atomic E-state index is -0.218. The SMILES string of the molecule is Cc1cc(NC(=O)CSCC(=O)NCCc2ccc(OC(C)C)cc2)no1. The van der Waals surface area contributed by atoms with Gasteiger partial charge in [-0.25, -0.2) is 0 Å². The third-order valence-electron chi connectivity index (χ3n) is 3.39. The third kappa shape index (κ3) is 8.17. The van der Waals surface area contributed by atoms with Crippen molar-refractivity contribution < 1.29 is 18.8 Å². The van der Waals surface area contributed by atoms with Crippen molar-refractivity contribution in [3.05, 3.63) is 41.7 Å². The van der Waals surface area contributed by atoms with E-state index in [-0.39, 0.29) is 29.4 Å². The maximum absolute atomic E-state index is 11.8. The van der Waals surface area contributed by atoms with Crippen LogP contribution in [-0.2, 0) is 16.0 Å². The van der Waals surface area contributed by atoms with Crippen LogP contribution in [0.3, 0.4) is 0 Å². The van der Waals surface area contributed by atoms with Gasteiger partial charge in [0.15, 0.2) is 5.82 Å². The molecule has 1 heterocycles. The summed E-state index contributed by atoms with van der Waals surface area (Å²) < 4.78 is 10.5. The van der Waals surface area contributed by atoms with E-state index >= 15 is 0 Å². The zero-order valence-corrected chi connectivity index (χ0v) is 16.6. The number of hydrogen-bond acceptors (Lipinski definition) is 6. The van der Waals surface area contributed by atoms with E-state index in [9.17, 15) is 9.59 Å². The van der Waals surface area contributed by atoms with Crippen LogP contribution >= 0.6 is 11.8 Å². The van der Waals surface area contributed by atoms with Gasteiger partial charge in [-0.1, -0.05) is 17.3 Å². The highest BCUT2D eigenvalue weighted by atomic mass is 32.2. The molecule has 0 saturated heterocycles. The van der Waals surface area contributed by atoms with Crippen molar-refractivity contribution >= 4 is 29.4 Å². The van der Waals surface area contributed by atoms with Gasteiger partial charge in [0.05, 0.1) is 17.6 Å². The van der Waals surface area contributed by atoms with Crippen LogP contribution in [0.2, 0.25) is 0 Å². The number of amides is 2. The van der Waals surface area contributed by atoms with Gasteiger partial charge in [-0.05, 0) is 44.9 Å². The van der Waals surface area contributed by atoms with Crippen LogP contribution in [-0.4, -0.2) is 41.1 Å². The Labute approximate surface area is 163 Å². The maximum atomic E-state index is 11.8. The van der Waals surface area contributed by atoms with Crippen molar-refractivity contribution in [1.29, 1.82) is 0 Å². The molecule has 0 bridgehead atoms. The summed E-state index contributed by atoms with van der Waals surface area (Å²) in [6, 6.07) is 9.49. The number of carbonyl (C=O) groups excluding carboxylic acids is 2. The number of thioether (sulfide) groups is 1. The van der Waals surface area contributed by atoms with Gasteiger partial charge in [-0.15, -0.1) is 11.8 Å². The van der Waals surface area contributed by atoms with Crippen LogP contribution in [0.1, 0.15) is 25.2 Å². The summed E-state index contributed by atoms with van der Waals surface area (Å²) in [6.45, 7) is 6.27. The van der Waals surface area contributed by atoms with Gasteiger partial charge in [0.2, 0.25) is 11.8 Å². The smallest absolute Gasteiger partial charge is 0.235 e. The molecular formula is C19H25N3O4S. The van der Waals surface area contributed by atoms with Gasteiger partial charge in [-0.3, -0.25) is 9.59 Å². The average Bonchev–Trinajstić information content (AvgIpc) is 3.00. The second-order valence-electron chi connectivity index (χ2n) is 6.27. The molecule has 0 aliphatic rings. The Bertz CT molecular complexity index is 744. The fraction of sp³-hybridized carbons (Fsp3) is 0.421. The fourth-order valence-electron chi connectivity index (χ4n) is 2.24. The Kier molecular flexibility index (Phi) is 8.19. The normalized spacial score (nSPS) is 10.7. The number of benzene rings is 1. The Morgan fingerprint density at radius 2 is 1.89 bits per heavy atom. The first kappa shape index (κ1) is 20.8. The van der Waals surface area contributed by atoms with E-state index in [1.807, 2.05) is 38.1 Å². The van der Waals surface area contributed by atoms with Gasteiger partial charge in [-0.2, -0.15) is 0 Å². The number of nitrogens with zero attached hydrogens (tertiary/aromatic N) is 1. The highest BCUT2D eigenvalue weighted by molar-refractivity contribution is 8.00. The molecule has 146 valence electrons. The minimum Gasteiger partial charge on any atom is -0.491 e. The summed E-state index contributed by atoms with van der Waals surface area (Å²) in [5.41, 5.74) is 1.13. The lowest BCUT2D eigenvalue weighted by Crippen LogP contribution is -2.28. The molecule has 0 spiro atoms. The number of carbonyl (C=O) groups is 2. The average molecular weight is 391 g/mol. The highest BCUT2D eigenvalue weighted by Crippen LogP contribution is 2.14. The van der Waals surface area contributed by atoms with Crippen LogP contribution < -0.4 is 15.4 Å². The third-order valence-corrected chi connectivity index (χ3v) is 4.33. The number of rotatable bonds is 10. The number of nitrogens with one attached hydrogen (secondary N) is 2. The molecule has 7 nitrogen and oxygen atoms in total. The van der Waals surface area contributed by atoms with E-state index in [0.717, 1.165) is 17.7 Å². The van der Waals surface area contributed by atoms with Gasteiger partial charge in [0, 0.05) is 12.6 Å². The van der Waals surface area contributed by atoms with Crippen molar-refractivity contribution in [3.63, 3.8) is 0 Å². The predicted molar refractivity (Wildman–Crippen MR) is 106 cm³/mol. The number of ether oxygens (including phenoxy) is 1. The molecule has 27 heavy (non-hydrogen) atoms. The number of aryl methyl sites for hydroxylation is 1. The van der Waals surface area contributed by atoms with Gasteiger partial charge in [0.1, 0.15) is 11.5 Å². The molecule has 0 aliphatic heterocycles. The van der Waals surface area contributed by atoms with E-state index in [1.54, 1.807) is 13.0 Å². The highest BCUT2D eigenvalue weighted by Gasteiger charge is 2.08. The Morgan fingerprint density at radius 3 is 2.52 bits per heavy atom. The standard InChI is InChI=1S/C19H25N3O4S/c1-13(2)25-16-6-4-15(5-7-16)8-9-20-18(23)11-27-12-19(24)21-17-10-14(3)26-22-17/h4-7,10,13H,8-9,11-12H2,1-3H3,(H,20,23)(H,21,22,24). The summed E-state index contributed by atoms with van der Waals surface area (Å²) in [5, 5.41) is 9.15. The van der Waals surface area contributed by atoms with Crippen molar-refractivity contribution in [2.45, 2.75) is 33.3 Å². The molecule has 0 saturated carbocycles. The number of hydrogen-bond donors (Lipinski definition) is 2. The molecule has 0 aliphatic carbocycles. The molecule has 0 unspecified atom stereocenters. The van der Waals surface area contributed by atoms with E-state index in [4.69, 9.17) is 9.26 Å². The molecular weight excluding hydrogens is 366 g/mol. The Balaban J connectivity index is 1.58. The topological polar surface area (TPSA) is 93.5 Å². The predicted octanol–water partition coefficient (Wildman–Crippen LogP) is 2.80. The minimum absolute atomic E-state index is 0.0927. The Hall–Kier alpha value is -2.48. The van der Waals surface area contributed by atoms with E-state index in [2.05, 4.69) is 15.8 Å². The lowest BCUT2D eigenvalue weighted by Gasteiger charge is -2.10. The summed E-state index contributed by atoms with van der Waals surface area (Å²) in [7, 11) is 0. The molecule has 0 radical (unpaired) electrons. The van der Waals surface area contributed by atoms with E-state index in [1.165, 1.54) is 11.8 Å². The first-order chi connectivity index (χ1) is 12.9. The first-order valence-electron chi connectivity index (χ1n) is 8.75. The summed E-state index contributed by atoms with van der Waals surface area (Å²) in [6.07, 6.45) is 0.888. The molecule has 2 aromatic rings. The van der Waals surface area contributed by atoms with Crippen molar-refractivity contribution in [1.82, 2.24) is 10.5 Å².